The molecule has 1 aliphatic rings. The number of rotatable bonds is 7. The molecular weight excluding hydrogens is 292 g/mol. The van der Waals surface area contributed by atoms with Gasteiger partial charge in [0.25, 0.3) is 0 Å². The molecule has 0 aromatic heterocycles. The smallest absolute Gasteiger partial charge is 0.417 e. The van der Waals surface area contributed by atoms with Crippen LogP contribution < -0.4 is 5.73 Å². The molecule has 0 bridgehead atoms. The summed E-state index contributed by atoms with van der Waals surface area (Å²) in [6.07, 6.45) is 2.59. The number of hydrogen-bond acceptors (Lipinski definition) is 4. The number of amides is 2. The highest BCUT2D eigenvalue weighted by Gasteiger charge is 2.40. The van der Waals surface area contributed by atoms with E-state index in [1.165, 1.54) is 4.90 Å². The predicted molar refractivity (Wildman–Crippen MR) is 88.8 cm³/mol. The van der Waals surface area contributed by atoms with E-state index in [1.54, 1.807) is 0 Å². The molecule has 126 valence electrons. The molecular formula is C18H26N2O3. The predicted octanol–water partition coefficient (Wildman–Crippen LogP) is 2.73. The largest absolute Gasteiger partial charge is 0.447 e. The van der Waals surface area contributed by atoms with Gasteiger partial charge in [-0.1, -0.05) is 57.0 Å². The van der Waals surface area contributed by atoms with Gasteiger partial charge in [-0.15, -0.1) is 0 Å². The lowest BCUT2D eigenvalue weighted by molar-refractivity contribution is -0.131. The Bertz CT molecular complexity index is 528. The maximum atomic E-state index is 12.6. The minimum atomic E-state index is -0.649. The van der Waals surface area contributed by atoms with Gasteiger partial charge in [-0.3, -0.25) is 4.79 Å². The molecule has 1 heterocycles. The number of cyclic esters (lactones) is 1. The zero-order valence-electron chi connectivity index (χ0n) is 13.9. The Labute approximate surface area is 137 Å². The Balaban J connectivity index is 2.05. The number of carbonyl (C=O) groups excluding carboxylic acids is 2. The van der Waals surface area contributed by atoms with E-state index in [0.29, 0.717) is 18.8 Å². The number of nitrogens with zero attached hydrogens (tertiary/aromatic N) is 1. The molecule has 1 aromatic rings. The summed E-state index contributed by atoms with van der Waals surface area (Å²) in [5.41, 5.74) is 7.14. The summed E-state index contributed by atoms with van der Waals surface area (Å²) in [6.45, 7) is 4.42. The Morgan fingerprint density at radius 2 is 1.96 bits per heavy atom. The average molecular weight is 318 g/mol. The molecule has 5 heteroatoms. The molecule has 1 aromatic carbocycles. The van der Waals surface area contributed by atoms with Gasteiger partial charge in [-0.2, -0.15) is 0 Å². The van der Waals surface area contributed by atoms with Crippen LogP contribution in [0, 0.1) is 5.92 Å². The Morgan fingerprint density at radius 1 is 1.30 bits per heavy atom. The molecule has 2 N–H and O–H groups in total. The van der Waals surface area contributed by atoms with Gasteiger partial charge in [-0.05, 0) is 24.3 Å². The number of ether oxygens (including phenoxy) is 1. The zero-order valence-corrected chi connectivity index (χ0v) is 13.9. The summed E-state index contributed by atoms with van der Waals surface area (Å²) >= 11 is 0. The molecule has 0 spiro atoms. The third-order valence-electron chi connectivity index (χ3n) is 4.57. The van der Waals surface area contributed by atoms with Crippen LogP contribution in [0.25, 0.3) is 0 Å². The Morgan fingerprint density at radius 3 is 2.57 bits per heavy atom. The maximum absolute atomic E-state index is 12.6. The van der Waals surface area contributed by atoms with Crippen molar-refractivity contribution in [3.63, 3.8) is 0 Å². The molecule has 0 aliphatic carbocycles. The number of nitrogens with two attached hydrogens (primary N) is 1. The van der Waals surface area contributed by atoms with E-state index in [4.69, 9.17) is 10.5 Å². The van der Waals surface area contributed by atoms with Crippen molar-refractivity contribution in [3.8, 4) is 0 Å². The van der Waals surface area contributed by atoms with E-state index in [-0.39, 0.29) is 18.6 Å². The fraction of sp³-hybridized carbons (Fsp3) is 0.556. The summed E-state index contributed by atoms with van der Waals surface area (Å²) in [5, 5.41) is 0. The fourth-order valence-corrected chi connectivity index (χ4v) is 3.03. The van der Waals surface area contributed by atoms with Crippen LogP contribution in [0.1, 0.15) is 38.7 Å². The Kier molecular flexibility index (Phi) is 6.16. The van der Waals surface area contributed by atoms with Crippen molar-refractivity contribution in [1.82, 2.24) is 4.90 Å². The Hall–Kier alpha value is -1.88. The molecule has 2 atom stereocenters. The first kappa shape index (κ1) is 17.5. The SMILES string of the molecule is CCC(CC)C[C@H](N)C(=O)N1C(=O)OC[C@@H]1Cc1ccccc1. The van der Waals surface area contributed by atoms with Gasteiger partial charge < -0.3 is 10.5 Å². The van der Waals surface area contributed by atoms with Gasteiger partial charge in [0.05, 0.1) is 12.1 Å². The van der Waals surface area contributed by atoms with Crippen LogP contribution in [0.4, 0.5) is 4.79 Å². The van der Waals surface area contributed by atoms with Crippen LogP contribution in [0.3, 0.4) is 0 Å². The summed E-state index contributed by atoms with van der Waals surface area (Å²) in [5.74, 6) is 0.0838. The highest BCUT2D eigenvalue weighted by atomic mass is 16.6. The van der Waals surface area contributed by atoms with Crippen molar-refractivity contribution in [1.29, 1.82) is 0 Å². The standard InChI is InChI=1S/C18H26N2O3/c1-3-13(4-2)11-16(19)17(21)20-15(12-23-18(20)22)10-14-8-6-5-7-9-14/h5-9,13,15-16H,3-4,10-12,19H2,1-2H3/t15-,16-/m0/s1. The highest BCUT2D eigenvalue weighted by Crippen LogP contribution is 2.21. The minimum absolute atomic E-state index is 0.233. The molecule has 2 amide bonds. The van der Waals surface area contributed by atoms with Crippen LogP contribution in [0.5, 0.6) is 0 Å². The maximum Gasteiger partial charge on any atom is 0.417 e. The second-order valence-corrected chi connectivity index (χ2v) is 6.15. The third-order valence-corrected chi connectivity index (χ3v) is 4.57. The highest BCUT2D eigenvalue weighted by molar-refractivity contribution is 5.96. The molecule has 2 rings (SSSR count). The van der Waals surface area contributed by atoms with E-state index < -0.39 is 12.1 Å². The number of imide groups is 1. The lowest BCUT2D eigenvalue weighted by Crippen LogP contribution is -2.49. The first-order chi connectivity index (χ1) is 11.1. The molecule has 1 saturated heterocycles. The van der Waals surface area contributed by atoms with Crippen molar-refractivity contribution >= 4 is 12.0 Å². The van der Waals surface area contributed by atoms with E-state index in [2.05, 4.69) is 13.8 Å². The normalized spacial score (nSPS) is 19.0. The van der Waals surface area contributed by atoms with Crippen LogP contribution >= 0.6 is 0 Å². The topological polar surface area (TPSA) is 72.6 Å². The van der Waals surface area contributed by atoms with Crippen LogP contribution in [0.15, 0.2) is 30.3 Å². The molecule has 0 saturated carbocycles. The lowest BCUT2D eigenvalue weighted by Gasteiger charge is -2.24. The number of hydrogen-bond donors (Lipinski definition) is 1. The molecule has 1 fully saturated rings. The van der Waals surface area contributed by atoms with E-state index >= 15 is 0 Å². The monoisotopic (exact) mass is 318 g/mol. The average Bonchev–Trinajstić information content (AvgIpc) is 2.93. The van der Waals surface area contributed by atoms with Crippen molar-refractivity contribution in [3.05, 3.63) is 35.9 Å². The first-order valence-corrected chi connectivity index (χ1v) is 8.36. The summed E-state index contributed by atoms with van der Waals surface area (Å²) in [7, 11) is 0. The summed E-state index contributed by atoms with van der Waals surface area (Å²) < 4.78 is 5.09. The second kappa shape index (κ2) is 8.11. The number of carbonyl (C=O) groups is 2. The second-order valence-electron chi connectivity index (χ2n) is 6.15. The molecule has 5 nitrogen and oxygen atoms in total. The summed E-state index contributed by atoms with van der Waals surface area (Å²) in [6, 6.07) is 8.86. The number of benzene rings is 1. The van der Waals surface area contributed by atoms with Crippen molar-refractivity contribution < 1.29 is 14.3 Å². The quantitative estimate of drug-likeness (QED) is 0.839. The first-order valence-electron chi connectivity index (χ1n) is 8.36. The van der Waals surface area contributed by atoms with Gasteiger partial charge in [0.1, 0.15) is 6.61 Å². The molecule has 1 aliphatic heterocycles. The van der Waals surface area contributed by atoms with Crippen molar-refractivity contribution in [2.24, 2.45) is 11.7 Å². The molecule has 0 unspecified atom stereocenters. The van der Waals surface area contributed by atoms with Gasteiger partial charge >= 0.3 is 6.09 Å². The van der Waals surface area contributed by atoms with Crippen LogP contribution in [-0.4, -0.2) is 35.6 Å². The van der Waals surface area contributed by atoms with Gasteiger partial charge in [0.15, 0.2) is 0 Å². The van der Waals surface area contributed by atoms with Crippen LogP contribution in [-0.2, 0) is 16.0 Å². The van der Waals surface area contributed by atoms with Gasteiger partial charge in [0, 0.05) is 0 Å². The third kappa shape index (κ3) is 4.32. The van der Waals surface area contributed by atoms with Crippen LogP contribution in [0.2, 0.25) is 0 Å². The van der Waals surface area contributed by atoms with E-state index in [0.717, 1.165) is 18.4 Å². The zero-order chi connectivity index (χ0) is 16.8. The molecule has 23 heavy (non-hydrogen) atoms. The van der Waals surface area contributed by atoms with E-state index in [1.807, 2.05) is 30.3 Å². The van der Waals surface area contributed by atoms with Crippen molar-refractivity contribution in [2.45, 2.75) is 51.6 Å². The van der Waals surface area contributed by atoms with Crippen molar-refractivity contribution in [2.75, 3.05) is 6.61 Å². The van der Waals surface area contributed by atoms with E-state index in [9.17, 15) is 9.59 Å². The van der Waals surface area contributed by atoms with Gasteiger partial charge in [-0.25, -0.2) is 9.69 Å². The molecule has 0 radical (unpaired) electrons. The fourth-order valence-electron chi connectivity index (χ4n) is 3.03. The minimum Gasteiger partial charge on any atom is -0.447 e. The lowest BCUT2D eigenvalue weighted by atomic mass is 9.94. The summed E-state index contributed by atoms with van der Waals surface area (Å²) in [4.78, 5) is 25.8. The van der Waals surface area contributed by atoms with Gasteiger partial charge in [0.2, 0.25) is 5.91 Å².